The molecule has 1 rings (SSSR count). The number of carbonyl (C=O) groups is 1. The van der Waals surface area contributed by atoms with Crippen molar-refractivity contribution < 1.29 is 13.9 Å². The predicted octanol–water partition coefficient (Wildman–Crippen LogP) is 1.24. The Morgan fingerprint density at radius 3 is 2.93 bits per heavy atom. The summed E-state index contributed by atoms with van der Waals surface area (Å²) in [5, 5.41) is 3.01. The summed E-state index contributed by atoms with van der Waals surface area (Å²) in [6, 6.07) is 1.57. The maximum absolute atomic E-state index is 11.0. The molecule has 78 valence electrons. The van der Waals surface area contributed by atoms with Gasteiger partial charge in [0, 0.05) is 0 Å². The largest absolute Gasteiger partial charge is 0.468 e. The van der Waals surface area contributed by atoms with Gasteiger partial charge in [0.05, 0.1) is 19.9 Å². The summed E-state index contributed by atoms with van der Waals surface area (Å²) in [6.45, 7) is 4.25. The fraction of sp³-hybridized carbons (Fsp3) is 0.500. The number of furan rings is 1. The van der Waals surface area contributed by atoms with Crippen LogP contribution in [0.4, 0.5) is 0 Å². The molecular weight excluding hydrogens is 182 g/mol. The molecule has 4 heteroatoms. The standard InChI is InChI=1S/C10H15NO3/c1-7-4-5-14-9(7)6-11-8(2)10(12)13-3/h4-5,8,11H,6H2,1-3H3. The average Bonchev–Trinajstić information content (AvgIpc) is 2.59. The van der Waals surface area contributed by atoms with Gasteiger partial charge in [-0.05, 0) is 25.5 Å². The molecule has 1 aromatic rings. The van der Waals surface area contributed by atoms with E-state index in [0.29, 0.717) is 6.54 Å². The third-order valence-electron chi connectivity index (χ3n) is 2.09. The quantitative estimate of drug-likeness (QED) is 0.738. The second kappa shape index (κ2) is 4.81. The van der Waals surface area contributed by atoms with Gasteiger partial charge < -0.3 is 9.15 Å². The van der Waals surface area contributed by atoms with Crippen LogP contribution in [0.15, 0.2) is 16.7 Å². The summed E-state index contributed by atoms with van der Waals surface area (Å²) in [5.41, 5.74) is 1.08. The zero-order valence-corrected chi connectivity index (χ0v) is 8.66. The molecule has 0 aromatic carbocycles. The van der Waals surface area contributed by atoms with Gasteiger partial charge in [-0.25, -0.2) is 0 Å². The first-order valence-corrected chi connectivity index (χ1v) is 4.49. The number of rotatable bonds is 4. The molecule has 1 aromatic heterocycles. The number of aryl methyl sites for hydroxylation is 1. The van der Waals surface area contributed by atoms with E-state index in [1.54, 1.807) is 13.2 Å². The smallest absolute Gasteiger partial charge is 0.322 e. The first-order valence-electron chi connectivity index (χ1n) is 4.49. The summed E-state index contributed by atoms with van der Waals surface area (Å²) in [6.07, 6.45) is 1.63. The van der Waals surface area contributed by atoms with Gasteiger partial charge in [-0.15, -0.1) is 0 Å². The Kier molecular flexibility index (Phi) is 3.71. The minimum Gasteiger partial charge on any atom is -0.468 e. The van der Waals surface area contributed by atoms with Gasteiger partial charge in [0.2, 0.25) is 0 Å². The second-order valence-corrected chi connectivity index (χ2v) is 3.15. The van der Waals surface area contributed by atoms with Crippen molar-refractivity contribution >= 4 is 5.97 Å². The van der Waals surface area contributed by atoms with E-state index in [9.17, 15) is 4.79 Å². The molecule has 14 heavy (non-hydrogen) atoms. The van der Waals surface area contributed by atoms with Gasteiger partial charge in [-0.2, -0.15) is 0 Å². The lowest BCUT2D eigenvalue weighted by molar-refractivity contribution is -0.142. The second-order valence-electron chi connectivity index (χ2n) is 3.15. The first-order chi connectivity index (χ1) is 6.65. The molecule has 0 aliphatic heterocycles. The molecule has 1 N–H and O–H groups in total. The van der Waals surface area contributed by atoms with E-state index in [1.807, 2.05) is 13.0 Å². The fourth-order valence-electron chi connectivity index (χ4n) is 1.09. The van der Waals surface area contributed by atoms with E-state index >= 15 is 0 Å². The van der Waals surface area contributed by atoms with Crippen molar-refractivity contribution in [2.45, 2.75) is 26.4 Å². The molecule has 1 heterocycles. The highest BCUT2D eigenvalue weighted by Gasteiger charge is 2.12. The number of hydrogen-bond acceptors (Lipinski definition) is 4. The molecule has 4 nitrogen and oxygen atoms in total. The lowest BCUT2D eigenvalue weighted by Gasteiger charge is -2.10. The molecule has 0 saturated carbocycles. The highest BCUT2D eigenvalue weighted by Crippen LogP contribution is 2.08. The average molecular weight is 197 g/mol. The van der Waals surface area contributed by atoms with E-state index in [2.05, 4.69) is 10.1 Å². The van der Waals surface area contributed by atoms with Crippen molar-refractivity contribution in [3.8, 4) is 0 Å². The van der Waals surface area contributed by atoms with Crippen LogP contribution >= 0.6 is 0 Å². The first kappa shape index (κ1) is 10.8. The highest BCUT2D eigenvalue weighted by molar-refractivity contribution is 5.75. The van der Waals surface area contributed by atoms with Crippen LogP contribution in [0.3, 0.4) is 0 Å². The zero-order chi connectivity index (χ0) is 10.6. The summed E-state index contributed by atoms with van der Waals surface area (Å²) >= 11 is 0. The maximum Gasteiger partial charge on any atom is 0.322 e. The Morgan fingerprint density at radius 1 is 1.71 bits per heavy atom. The fourth-order valence-corrected chi connectivity index (χ4v) is 1.09. The van der Waals surface area contributed by atoms with Crippen LogP contribution < -0.4 is 5.32 Å². The van der Waals surface area contributed by atoms with Crippen LogP contribution in [-0.2, 0) is 16.1 Å². The Balaban J connectivity index is 2.41. The minimum atomic E-state index is -0.315. The Morgan fingerprint density at radius 2 is 2.43 bits per heavy atom. The SMILES string of the molecule is COC(=O)C(C)NCc1occc1C. The third-order valence-corrected chi connectivity index (χ3v) is 2.09. The van der Waals surface area contributed by atoms with Gasteiger partial charge >= 0.3 is 5.97 Å². The Hall–Kier alpha value is -1.29. The molecular formula is C10H15NO3. The summed E-state index contributed by atoms with van der Waals surface area (Å²) in [7, 11) is 1.37. The van der Waals surface area contributed by atoms with E-state index in [4.69, 9.17) is 4.42 Å². The zero-order valence-electron chi connectivity index (χ0n) is 8.66. The van der Waals surface area contributed by atoms with Crippen LogP contribution in [0, 0.1) is 6.92 Å². The van der Waals surface area contributed by atoms with Crippen LogP contribution in [0.5, 0.6) is 0 Å². The molecule has 0 radical (unpaired) electrons. The number of esters is 1. The van der Waals surface area contributed by atoms with Crippen molar-refractivity contribution in [3.05, 3.63) is 23.7 Å². The topological polar surface area (TPSA) is 51.5 Å². The Bertz CT molecular complexity index is 306. The number of ether oxygens (including phenoxy) is 1. The normalized spacial score (nSPS) is 12.5. The molecule has 0 bridgehead atoms. The molecule has 0 saturated heterocycles. The maximum atomic E-state index is 11.0. The van der Waals surface area contributed by atoms with Gasteiger partial charge in [0.1, 0.15) is 11.8 Å². The summed E-state index contributed by atoms with van der Waals surface area (Å²) in [4.78, 5) is 11.0. The van der Waals surface area contributed by atoms with Gasteiger partial charge in [-0.1, -0.05) is 0 Å². The molecule has 0 spiro atoms. The van der Waals surface area contributed by atoms with Gasteiger partial charge in [0.25, 0.3) is 0 Å². The van der Waals surface area contributed by atoms with Crippen LogP contribution in [0.25, 0.3) is 0 Å². The van der Waals surface area contributed by atoms with Crippen LogP contribution in [0.2, 0.25) is 0 Å². The number of nitrogens with one attached hydrogen (secondary N) is 1. The van der Waals surface area contributed by atoms with Crippen molar-refractivity contribution in [2.75, 3.05) is 7.11 Å². The highest BCUT2D eigenvalue weighted by atomic mass is 16.5. The van der Waals surface area contributed by atoms with E-state index in [0.717, 1.165) is 11.3 Å². The predicted molar refractivity (Wildman–Crippen MR) is 51.8 cm³/mol. The Labute approximate surface area is 83.2 Å². The lowest BCUT2D eigenvalue weighted by atomic mass is 10.2. The van der Waals surface area contributed by atoms with E-state index < -0.39 is 0 Å². The molecule has 1 atom stereocenters. The number of methoxy groups -OCH3 is 1. The minimum absolute atomic E-state index is 0.269. The van der Waals surface area contributed by atoms with Crippen LogP contribution in [0.1, 0.15) is 18.2 Å². The molecule has 1 unspecified atom stereocenters. The molecule has 0 fully saturated rings. The summed E-state index contributed by atoms with van der Waals surface area (Å²) in [5.74, 6) is 0.579. The van der Waals surface area contributed by atoms with Crippen LogP contribution in [-0.4, -0.2) is 19.1 Å². The molecule has 0 aliphatic rings. The monoisotopic (exact) mass is 197 g/mol. The molecule has 0 amide bonds. The number of carbonyl (C=O) groups excluding carboxylic acids is 1. The van der Waals surface area contributed by atoms with Crippen molar-refractivity contribution in [2.24, 2.45) is 0 Å². The van der Waals surface area contributed by atoms with Crippen molar-refractivity contribution in [1.82, 2.24) is 5.32 Å². The van der Waals surface area contributed by atoms with Gasteiger partial charge in [0.15, 0.2) is 0 Å². The number of hydrogen-bond donors (Lipinski definition) is 1. The summed E-state index contributed by atoms with van der Waals surface area (Å²) < 4.78 is 9.79. The molecule has 0 aliphatic carbocycles. The van der Waals surface area contributed by atoms with Crippen molar-refractivity contribution in [1.29, 1.82) is 0 Å². The van der Waals surface area contributed by atoms with E-state index in [1.165, 1.54) is 7.11 Å². The van der Waals surface area contributed by atoms with Crippen molar-refractivity contribution in [3.63, 3.8) is 0 Å². The third kappa shape index (κ3) is 2.60. The van der Waals surface area contributed by atoms with E-state index in [-0.39, 0.29) is 12.0 Å². The lowest BCUT2D eigenvalue weighted by Crippen LogP contribution is -2.34. The van der Waals surface area contributed by atoms with Gasteiger partial charge in [-0.3, -0.25) is 10.1 Å².